The van der Waals surface area contributed by atoms with Crippen LogP contribution in [0.4, 0.5) is 4.79 Å². The number of rotatable bonds is 1. The van der Waals surface area contributed by atoms with Crippen molar-refractivity contribution >= 4 is 17.6 Å². The molecule has 0 saturated carbocycles. The number of nitrogens with zero attached hydrogens (tertiary/aromatic N) is 2. The minimum absolute atomic E-state index is 0. The maximum absolute atomic E-state index is 12.1. The number of amides is 3. The van der Waals surface area contributed by atoms with Gasteiger partial charge in [-0.1, -0.05) is 13.8 Å². The Morgan fingerprint density at radius 3 is 2.50 bits per heavy atom. The fourth-order valence-corrected chi connectivity index (χ4v) is 1.86. The molecule has 1 heterocycles. The van der Waals surface area contributed by atoms with E-state index < -0.39 is 11.4 Å². The van der Waals surface area contributed by atoms with Crippen molar-refractivity contribution in [2.24, 2.45) is 10.4 Å². The van der Waals surface area contributed by atoms with Crippen LogP contribution in [0.15, 0.2) is 29.3 Å². The van der Waals surface area contributed by atoms with Crippen LogP contribution in [-0.4, -0.2) is 29.6 Å². The molecule has 0 unspecified atom stereocenters. The zero-order chi connectivity index (χ0) is 12.6. The van der Waals surface area contributed by atoms with Gasteiger partial charge >= 0.3 is 6.03 Å². The van der Waals surface area contributed by atoms with Crippen LogP contribution in [0.2, 0.25) is 0 Å². The van der Waals surface area contributed by atoms with Crippen LogP contribution in [0.3, 0.4) is 0 Å². The van der Waals surface area contributed by atoms with Crippen molar-refractivity contribution in [3.05, 3.63) is 35.9 Å². The van der Waals surface area contributed by atoms with E-state index in [9.17, 15) is 9.59 Å². The maximum atomic E-state index is 12.1. The minimum atomic E-state index is -0.805. The Labute approximate surface area is 119 Å². The Balaban J connectivity index is 0.00000162. The Bertz CT molecular complexity index is 509. The summed E-state index contributed by atoms with van der Waals surface area (Å²) in [6.45, 7) is 3.52. The molecule has 0 aliphatic carbocycles. The first-order valence-corrected chi connectivity index (χ1v) is 5.33. The van der Waals surface area contributed by atoms with Gasteiger partial charge in [-0.3, -0.25) is 9.69 Å². The van der Waals surface area contributed by atoms with Crippen molar-refractivity contribution in [1.29, 1.82) is 0 Å². The molecule has 0 atom stereocenters. The van der Waals surface area contributed by atoms with Crippen molar-refractivity contribution in [1.82, 2.24) is 4.90 Å². The summed E-state index contributed by atoms with van der Waals surface area (Å²) in [6.07, 6.45) is 0. The van der Waals surface area contributed by atoms with E-state index in [0.29, 0.717) is 11.3 Å². The Kier molecular flexibility index (Phi) is 4.20. The van der Waals surface area contributed by atoms with Crippen LogP contribution in [-0.2, 0) is 24.9 Å². The quantitative estimate of drug-likeness (QED) is 0.651. The molecule has 5 heteroatoms. The second kappa shape index (κ2) is 5.12. The van der Waals surface area contributed by atoms with E-state index >= 15 is 0 Å². The van der Waals surface area contributed by atoms with E-state index in [1.54, 1.807) is 26.0 Å². The van der Waals surface area contributed by atoms with Gasteiger partial charge in [-0.25, -0.2) is 9.79 Å². The standard InChI is InChI=1S/C13H13N2O2.Ir/c1-13(2)10(9-7-5-4-6-8-9)14-12(17)15(3)11(13)16;/h4-7H,1-3H3;/q-1;. The molecule has 0 bridgehead atoms. The van der Waals surface area contributed by atoms with E-state index in [2.05, 4.69) is 11.1 Å². The zero-order valence-corrected chi connectivity index (χ0v) is 12.7. The van der Waals surface area contributed by atoms with Crippen LogP contribution >= 0.6 is 0 Å². The van der Waals surface area contributed by atoms with Gasteiger partial charge in [0.1, 0.15) is 0 Å². The molecule has 1 aromatic rings. The van der Waals surface area contributed by atoms with Gasteiger partial charge in [-0.15, -0.1) is 35.9 Å². The minimum Gasteiger partial charge on any atom is -0.274 e. The predicted octanol–water partition coefficient (Wildman–Crippen LogP) is 1.89. The third kappa shape index (κ3) is 2.28. The van der Waals surface area contributed by atoms with Gasteiger partial charge in [0.25, 0.3) is 0 Å². The second-order valence-corrected chi connectivity index (χ2v) is 4.51. The molecule has 0 N–H and O–H groups in total. The van der Waals surface area contributed by atoms with Crippen molar-refractivity contribution in [2.45, 2.75) is 13.8 Å². The zero-order valence-electron chi connectivity index (χ0n) is 10.4. The summed E-state index contributed by atoms with van der Waals surface area (Å²) in [6, 6.07) is 9.67. The number of hydrogen-bond acceptors (Lipinski definition) is 2. The van der Waals surface area contributed by atoms with E-state index in [1.165, 1.54) is 7.05 Å². The van der Waals surface area contributed by atoms with Gasteiger partial charge in [-0.2, -0.15) is 0 Å². The summed E-state index contributed by atoms with van der Waals surface area (Å²) in [4.78, 5) is 28.7. The molecular formula is C13H13IrN2O2-. The smallest absolute Gasteiger partial charge is 0.274 e. The maximum Gasteiger partial charge on any atom is 0.340 e. The number of hydrogen-bond donors (Lipinski definition) is 0. The summed E-state index contributed by atoms with van der Waals surface area (Å²) in [7, 11) is 1.45. The Hall–Kier alpha value is -1.32. The van der Waals surface area contributed by atoms with Gasteiger partial charge in [-0.05, 0) is 5.71 Å². The van der Waals surface area contributed by atoms with Crippen molar-refractivity contribution in [3.8, 4) is 0 Å². The molecule has 0 fully saturated rings. The molecule has 3 amide bonds. The molecule has 2 rings (SSSR count). The molecule has 97 valence electrons. The first-order valence-electron chi connectivity index (χ1n) is 5.33. The average molecular weight is 421 g/mol. The van der Waals surface area contributed by atoms with Crippen LogP contribution in [0.25, 0.3) is 0 Å². The van der Waals surface area contributed by atoms with Gasteiger partial charge in [0.2, 0.25) is 5.91 Å². The topological polar surface area (TPSA) is 49.7 Å². The van der Waals surface area contributed by atoms with E-state index in [-0.39, 0.29) is 26.0 Å². The first-order chi connectivity index (χ1) is 7.94. The molecule has 18 heavy (non-hydrogen) atoms. The number of carbonyl (C=O) groups excluding carboxylic acids is 2. The first kappa shape index (κ1) is 14.7. The summed E-state index contributed by atoms with van der Waals surface area (Å²) in [5.41, 5.74) is 0.360. The molecule has 0 aromatic heterocycles. The largest absolute Gasteiger partial charge is 0.340 e. The van der Waals surface area contributed by atoms with Crippen LogP contribution in [0.1, 0.15) is 19.4 Å². The normalized spacial score (nSPS) is 18.2. The van der Waals surface area contributed by atoms with Gasteiger partial charge < -0.3 is 0 Å². The van der Waals surface area contributed by atoms with E-state index in [0.717, 1.165) is 4.90 Å². The fourth-order valence-electron chi connectivity index (χ4n) is 1.86. The molecule has 0 spiro atoms. The van der Waals surface area contributed by atoms with Gasteiger partial charge in [0, 0.05) is 27.2 Å². The van der Waals surface area contributed by atoms with Crippen molar-refractivity contribution in [3.63, 3.8) is 0 Å². The molecule has 1 aromatic carbocycles. The third-order valence-corrected chi connectivity index (χ3v) is 2.89. The molecule has 1 aliphatic heterocycles. The number of imide groups is 1. The van der Waals surface area contributed by atoms with Crippen molar-refractivity contribution in [2.75, 3.05) is 7.05 Å². The Morgan fingerprint density at radius 1 is 1.28 bits per heavy atom. The fraction of sp³-hybridized carbons (Fsp3) is 0.308. The molecule has 0 saturated heterocycles. The molecule has 4 nitrogen and oxygen atoms in total. The van der Waals surface area contributed by atoms with Crippen LogP contribution in [0.5, 0.6) is 0 Å². The second-order valence-electron chi connectivity index (χ2n) is 4.51. The van der Waals surface area contributed by atoms with Crippen molar-refractivity contribution < 1.29 is 29.7 Å². The van der Waals surface area contributed by atoms with Crippen LogP contribution < -0.4 is 0 Å². The van der Waals surface area contributed by atoms with Crippen LogP contribution in [0, 0.1) is 11.5 Å². The monoisotopic (exact) mass is 422 g/mol. The van der Waals surface area contributed by atoms with E-state index in [4.69, 9.17) is 0 Å². The molecule has 1 aliphatic rings. The van der Waals surface area contributed by atoms with Gasteiger partial charge in [0.15, 0.2) is 0 Å². The van der Waals surface area contributed by atoms with E-state index in [1.807, 2.05) is 12.1 Å². The summed E-state index contributed by atoms with van der Waals surface area (Å²) >= 11 is 0. The van der Waals surface area contributed by atoms with Gasteiger partial charge in [0.05, 0.1) is 5.41 Å². The summed E-state index contributed by atoms with van der Waals surface area (Å²) in [5, 5.41) is 0. The number of urea groups is 1. The SMILES string of the molecule is CN1C(=O)N=C(c2[c-]cccc2)C(C)(C)C1=O.[Ir]. The third-order valence-electron chi connectivity index (χ3n) is 2.89. The Morgan fingerprint density at radius 2 is 1.94 bits per heavy atom. The predicted molar refractivity (Wildman–Crippen MR) is 63.8 cm³/mol. The number of aliphatic imine (C=N–C) groups is 1. The molecular weight excluding hydrogens is 408 g/mol. The number of benzene rings is 1. The molecule has 1 radical (unpaired) electrons. The number of carbonyl (C=O) groups is 2. The average Bonchev–Trinajstić information content (AvgIpc) is 2.33. The summed E-state index contributed by atoms with van der Waals surface area (Å²) in [5.74, 6) is -0.246. The summed E-state index contributed by atoms with van der Waals surface area (Å²) < 4.78 is 0.